The molecule has 0 N–H and O–H groups in total. The Bertz CT molecular complexity index is 1730. The lowest BCUT2D eigenvalue weighted by atomic mass is 9.65. The molecule has 1 nitrogen and oxygen atoms in total. The van der Waals surface area contributed by atoms with Gasteiger partial charge in [-0.1, -0.05) is 128 Å². The third-order valence-electron chi connectivity index (χ3n) is 8.48. The van der Waals surface area contributed by atoms with Crippen molar-refractivity contribution in [3.8, 4) is 22.3 Å². The van der Waals surface area contributed by atoms with E-state index in [4.69, 9.17) is 0 Å². The predicted octanol–water partition coefficient (Wildman–Crippen LogP) is 10.3. The van der Waals surface area contributed by atoms with Gasteiger partial charge in [-0.15, -0.1) is 0 Å². The highest BCUT2D eigenvalue weighted by Crippen LogP contribution is 2.58. The molecular weight excluding hydrogens is 494 g/mol. The summed E-state index contributed by atoms with van der Waals surface area (Å²) in [6.07, 6.45) is 15.2. The zero-order valence-electron chi connectivity index (χ0n) is 23.7. The van der Waals surface area contributed by atoms with Crippen LogP contribution in [0.3, 0.4) is 0 Å². The van der Waals surface area contributed by atoms with Gasteiger partial charge >= 0.3 is 0 Å². The van der Waals surface area contributed by atoms with E-state index in [1.807, 2.05) is 6.08 Å². The van der Waals surface area contributed by atoms with Gasteiger partial charge in [0.1, 0.15) is 0 Å². The summed E-state index contributed by atoms with van der Waals surface area (Å²) >= 11 is 0. The zero-order valence-corrected chi connectivity index (χ0v) is 23.7. The SMILES string of the molecule is C=C/C=C\C(=C/C)C1(c2ccccc2)C2=C(C=CCC2)c2cc(-c3cccc(-c4ccc(CN=C)cc4)c3)ccc21. The molecule has 0 spiro atoms. The number of hydrogen-bond acceptors (Lipinski definition) is 1. The minimum absolute atomic E-state index is 0.326. The lowest BCUT2D eigenvalue weighted by Crippen LogP contribution is -2.30. The molecule has 1 atom stereocenters. The fourth-order valence-electron chi connectivity index (χ4n) is 6.68. The van der Waals surface area contributed by atoms with Crippen LogP contribution < -0.4 is 0 Å². The van der Waals surface area contributed by atoms with E-state index >= 15 is 0 Å². The van der Waals surface area contributed by atoms with Crippen LogP contribution >= 0.6 is 0 Å². The van der Waals surface area contributed by atoms with Crippen molar-refractivity contribution in [1.29, 1.82) is 0 Å². The van der Waals surface area contributed by atoms with Gasteiger partial charge in [-0.3, -0.25) is 4.99 Å². The number of rotatable bonds is 8. The first-order valence-corrected chi connectivity index (χ1v) is 14.4. The van der Waals surface area contributed by atoms with E-state index in [0.29, 0.717) is 6.54 Å². The smallest absolute Gasteiger partial charge is 0.0673 e. The second-order valence-corrected chi connectivity index (χ2v) is 10.7. The molecular formula is C40H35N. The van der Waals surface area contributed by atoms with E-state index in [-0.39, 0.29) is 5.41 Å². The van der Waals surface area contributed by atoms with Crippen molar-refractivity contribution in [2.75, 3.05) is 0 Å². The number of benzene rings is 4. The fourth-order valence-corrected chi connectivity index (χ4v) is 6.68. The van der Waals surface area contributed by atoms with Crippen molar-refractivity contribution in [3.05, 3.63) is 173 Å². The first-order chi connectivity index (χ1) is 20.2. The summed E-state index contributed by atoms with van der Waals surface area (Å²) in [7, 11) is 0. The van der Waals surface area contributed by atoms with E-state index < -0.39 is 0 Å². The van der Waals surface area contributed by atoms with E-state index in [1.54, 1.807) is 0 Å². The Kier molecular flexibility index (Phi) is 7.35. The van der Waals surface area contributed by atoms with E-state index in [1.165, 1.54) is 61.2 Å². The minimum atomic E-state index is -0.326. The van der Waals surface area contributed by atoms with Gasteiger partial charge in [0.15, 0.2) is 0 Å². The largest absolute Gasteiger partial charge is 0.296 e. The molecule has 2 aliphatic carbocycles. The molecule has 0 fully saturated rings. The van der Waals surface area contributed by atoms with Gasteiger partial charge in [-0.25, -0.2) is 0 Å². The first-order valence-electron chi connectivity index (χ1n) is 14.4. The molecule has 0 radical (unpaired) electrons. The van der Waals surface area contributed by atoms with Crippen LogP contribution in [0.15, 0.2) is 156 Å². The molecule has 0 aliphatic heterocycles. The van der Waals surface area contributed by atoms with Gasteiger partial charge in [-0.2, -0.15) is 0 Å². The average molecular weight is 530 g/mol. The molecule has 0 aromatic heterocycles. The lowest BCUT2D eigenvalue weighted by Gasteiger charge is -2.37. The molecule has 4 aromatic carbocycles. The van der Waals surface area contributed by atoms with E-state index in [0.717, 1.165) is 12.8 Å². The molecule has 1 unspecified atom stereocenters. The van der Waals surface area contributed by atoms with Gasteiger partial charge in [0.2, 0.25) is 0 Å². The highest BCUT2D eigenvalue weighted by atomic mass is 14.7. The topological polar surface area (TPSA) is 12.4 Å². The third kappa shape index (κ3) is 4.58. The van der Waals surface area contributed by atoms with Crippen molar-refractivity contribution >= 4 is 12.3 Å². The molecule has 2 aliphatic rings. The normalized spacial score (nSPS) is 17.9. The maximum absolute atomic E-state index is 4.01. The molecule has 4 aromatic rings. The van der Waals surface area contributed by atoms with Gasteiger partial charge in [-0.05, 0) is 99.8 Å². The molecule has 0 amide bonds. The second kappa shape index (κ2) is 11.4. The Morgan fingerprint density at radius 3 is 2.32 bits per heavy atom. The summed E-state index contributed by atoms with van der Waals surface area (Å²) in [6.45, 7) is 10.4. The number of allylic oxidation sites excluding steroid dienone is 9. The van der Waals surface area contributed by atoms with Crippen LogP contribution in [0.5, 0.6) is 0 Å². The lowest BCUT2D eigenvalue weighted by molar-refractivity contribution is 0.694. The summed E-state index contributed by atoms with van der Waals surface area (Å²) in [5.74, 6) is 0. The molecule has 1 heteroatoms. The van der Waals surface area contributed by atoms with Crippen LogP contribution in [0, 0.1) is 0 Å². The first kappa shape index (κ1) is 26.5. The van der Waals surface area contributed by atoms with Crippen molar-refractivity contribution in [2.24, 2.45) is 4.99 Å². The molecule has 6 rings (SSSR count). The fraction of sp³-hybridized carbons (Fsp3) is 0.125. The predicted molar refractivity (Wildman–Crippen MR) is 176 cm³/mol. The second-order valence-electron chi connectivity index (χ2n) is 10.7. The Morgan fingerprint density at radius 1 is 0.854 bits per heavy atom. The standard InChI is InChI=1S/C40H35N/c1-4-6-15-34(5-2)40(35-16-8-7-9-17-35)38-19-11-10-18-36(38)37-27-33(24-25-39(37)40)32-14-12-13-31(26-32)30-22-20-29(21-23-30)28-41-3/h4-10,12-18,20-27H,1,3,11,19,28H2,2H3/b15-6-,34-5+. The van der Waals surface area contributed by atoms with Gasteiger partial charge in [0.05, 0.1) is 12.0 Å². The number of nitrogens with zero attached hydrogens (tertiary/aromatic N) is 1. The molecule has 0 heterocycles. The van der Waals surface area contributed by atoms with Crippen molar-refractivity contribution in [1.82, 2.24) is 0 Å². The van der Waals surface area contributed by atoms with Crippen LogP contribution in [0.1, 0.15) is 42.0 Å². The third-order valence-corrected chi connectivity index (χ3v) is 8.48. The molecule has 41 heavy (non-hydrogen) atoms. The monoisotopic (exact) mass is 529 g/mol. The van der Waals surface area contributed by atoms with Crippen molar-refractivity contribution in [2.45, 2.75) is 31.7 Å². The van der Waals surface area contributed by atoms with Crippen molar-refractivity contribution in [3.63, 3.8) is 0 Å². The summed E-state index contributed by atoms with van der Waals surface area (Å²) in [6, 6.07) is 35.6. The van der Waals surface area contributed by atoms with Crippen LogP contribution in [0.2, 0.25) is 0 Å². The van der Waals surface area contributed by atoms with Crippen LogP contribution in [0.25, 0.3) is 27.8 Å². The quantitative estimate of drug-likeness (QED) is 0.159. The van der Waals surface area contributed by atoms with Gasteiger partial charge in [0, 0.05) is 0 Å². The van der Waals surface area contributed by atoms with Gasteiger partial charge in [0.25, 0.3) is 0 Å². The average Bonchev–Trinajstić information content (AvgIpc) is 3.33. The maximum Gasteiger partial charge on any atom is 0.0673 e. The summed E-state index contributed by atoms with van der Waals surface area (Å²) in [5, 5.41) is 0. The number of hydrogen-bond donors (Lipinski definition) is 0. The maximum atomic E-state index is 4.01. The summed E-state index contributed by atoms with van der Waals surface area (Å²) in [4.78, 5) is 4.01. The molecule has 0 saturated carbocycles. The molecule has 200 valence electrons. The van der Waals surface area contributed by atoms with Crippen molar-refractivity contribution < 1.29 is 0 Å². The Labute approximate surface area is 244 Å². The van der Waals surface area contributed by atoms with Gasteiger partial charge < -0.3 is 0 Å². The highest BCUT2D eigenvalue weighted by molar-refractivity contribution is 5.92. The van der Waals surface area contributed by atoms with Crippen LogP contribution in [0.4, 0.5) is 0 Å². The van der Waals surface area contributed by atoms with Crippen LogP contribution in [-0.2, 0) is 12.0 Å². The molecule has 0 saturated heterocycles. The Morgan fingerprint density at radius 2 is 1.59 bits per heavy atom. The molecule has 0 bridgehead atoms. The Balaban J connectivity index is 1.51. The summed E-state index contributed by atoms with van der Waals surface area (Å²) < 4.78 is 0. The zero-order chi connectivity index (χ0) is 28.2. The minimum Gasteiger partial charge on any atom is -0.296 e. The number of aliphatic imine (C=N–C) groups is 1. The summed E-state index contributed by atoms with van der Waals surface area (Å²) in [5.41, 5.74) is 13.9. The Hall–Kier alpha value is -4.75. The highest BCUT2D eigenvalue weighted by Gasteiger charge is 2.47. The van der Waals surface area contributed by atoms with E-state index in [9.17, 15) is 0 Å². The van der Waals surface area contributed by atoms with Crippen LogP contribution in [-0.4, -0.2) is 6.72 Å². The van der Waals surface area contributed by atoms with E-state index in [2.05, 4.69) is 153 Å². The number of fused-ring (bicyclic) bond motifs is 2.